The zero-order valence-corrected chi connectivity index (χ0v) is 11.4. The minimum absolute atomic E-state index is 0.240. The second kappa shape index (κ2) is 5.30. The molecule has 102 valence electrons. The lowest BCUT2D eigenvalue weighted by Crippen LogP contribution is -2.23. The molecule has 2 rings (SSSR count). The Morgan fingerprint density at radius 1 is 1.11 bits per heavy atom. The highest BCUT2D eigenvalue weighted by Gasteiger charge is 2.11. The molecule has 19 heavy (non-hydrogen) atoms. The van der Waals surface area contributed by atoms with E-state index in [4.69, 9.17) is 0 Å². The quantitative estimate of drug-likeness (QED) is 0.788. The number of hydrogen-bond donors (Lipinski definition) is 3. The van der Waals surface area contributed by atoms with Gasteiger partial charge in [-0.15, -0.1) is 0 Å². The zero-order valence-electron chi connectivity index (χ0n) is 11.4. The second-order valence-corrected chi connectivity index (χ2v) is 5.31. The Balaban J connectivity index is 2.47. The van der Waals surface area contributed by atoms with E-state index in [0.29, 0.717) is 22.4 Å². The van der Waals surface area contributed by atoms with Crippen LogP contribution >= 0.6 is 0 Å². The largest absolute Gasteiger partial charge is 0.382 e. The van der Waals surface area contributed by atoms with Crippen LogP contribution < -0.4 is 16.4 Å². The van der Waals surface area contributed by atoms with E-state index in [0.717, 1.165) is 6.42 Å². The van der Waals surface area contributed by atoms with Crippen molar-refractivity contribution in [2.45, 2.75) is 33.2 Å². The smallest absolute Gasteiger partial charge is 0.272 e. The summed E-state index contributed by atoms with van der Waals surface area (Å²) in [5.41, 5.74) is 0.141. The van der Waals surface area contributed by atoms with E-state index in [1.165, 1.54) is 0 Å². The first-order chi connectivity index (χ1) is 8.99. The summed E-state index contributed by atoms with van der Waals surface area (Å²) in [5, 5.41) is 8.84. The van der Waals surface area contributed by atoms with Crippen LogP contribution in [0.1, 0.15) is 27.2 Å². The Kier molecular flexibility index (Phi) is 3.74. The molecule has 0 radical (unpaired) electrons. The molecular formula is C14H19N3O2. The number of rotatable bonds is 4. The normalized spacial score (nSPS) is 12.8. The third-order valence-corrected chi connectivity index (χ3v) is 3.05. The number of anilines is 1. The average Bonchev–Trinajstić information content (AvgIpc) is 2.33. The van der Waals surface area contributed by atoms with Crippen LogP contribution in [0.4, 0.5) is 5.69 Å². The van der Waals surface area contributed by atoms with E-state index in [2.05, 4.69) is 36.3 Å². The molecule has 1 heterocycles. The molecule has 5 heteroatoms. The van der Waals surface area contributed by atoms with Crippen LogP contribution in [0, 0.1) is 5.92 Å². The van der Waals surface area contributed by atoms with Crippen molar-refractivity contribution in [3.8, 4) is 0 Å². The van der Waals surface area contributed by atoms with Crippen LogP contribution in [-0.2, 0) is 0 Å². The summed E-state index contributed by atoms with van der Waals surface area (Å²) in [4.78, 5) is 23.6. The van der Waals surface area contributed by atoms with Crippen molar-refractivity contribution in [2.24, 2.45) is 5.92 Å². The van der Waals surface area contributed by atoms with Gasteiger partial charge in [-0.1, -0.05) is 19.9 Å². The lowest BCUT2D eigenvalue weighted by Gasteiger charge is -2.18. The highest BCUT2D eigenvalue weighted by Crippen LogP contribution is 2.19. The number of H-pyrrole nitrogens is 2. The van der Waals surface area contributed by atoms with Gasteiger partial charge in [-0.25, -0.2) is 0 Å². The van der Waals surface area contributed by atoms with Crippen LogP contribution in [0.2, 0.25) is 0 Å². The fraction of sp³-hybridized carbons (Fsp3) is 0.429. The number of aromatic nitrogens is 2. The van der Waals surface area contributed by atoms with Crippen LogP contribution in [-0.4, -0.2) is 16.2 Å². The summed E-state index contributed by atoms with van der Waals surface area (Å²) in [5.74, 6) is 0.569. The predicted octanol–water partition coefficient (Wildman–Crippen LogP) is 2.06. The van der Waals surface area contributed by atoms with Gasteiger partial charge in [-0.3, -0.25) is 19.8 Å². The molecule has 0 aliphatic rings. The SMILES string of the molecule is CC(C)CC(C)Nc1cccc2c(=O)[nH][nH]c(=O)c12. The highest BCUT2D eigenvalue weighted by atomic mass is 16.1. The van der Waals surface area contributed by atoms with Crippen molar-refractivity contribution in [3.05, 3.63) is 38.9 Å². The van der Waals surface area contributed by atoms with E-state index in [9.17, 15) is 9.59 Å². The molecule has 0 saturated carbocycles. The number of fused-ring (bicyclic) bond motifs is 1. The van der Waals surface area contributed by atoms with Crippen molar-refractivity contribution in [1.82, 2.24) is 10.2 Å². The molecule has 0 fully saturated rings. The van der Waals surface area contributed by atoms with E-state index in [1.807, 2.05) is 6.07 Å². The Morgan fingerprint density at radius 2 is 1.79 bits per heavy atom. The van der Waals surface area contributed by atoms with Gasteiger partial charge in [0.1, 0.15) is 0 Å². The molecule has 0 bridgehead atoms. The van der Waals surface area contributed by atoms with E-state index < -0.39 is 0 Å². The molecule has 1 unspecified atom stereocenters. The summed E-state index contributed by atoms with van der Waals surface area (Å²) in [6.07, 6.45) is 0.998. The van der Waals surface area contributed by atoms with E-state index in [-0.39, 0.29) is 17.2 Å². The van der Waals surface area contributed by atoms with Crippen LogP contribution in [0.5, 0.6) is 0 Å². The highest BCUT2D eigenvalue weighted by molar-refractivity contribution is 5.92. The standard InChI is InChI=1S/C14H19N3O2/c1-8(2)7-9(3)15-11-6-4-5-10-12(11)14(19)17-16-13(10)18/h4-6,8-9,15H,7H2,1-3H3,(H,16,18)(H,17,19). The van der Waals surface area contributed by atoms with Crippen molar-refractivity contribution in [2.75, 3.05) is 5.32 Å². The monoisotopic (exact) mass is 261 g/mol. The van der Waals surface area contributed by atoms with Gasteiger partial charge in [0, 0.05) is 11.7 Å². The van der Waals surface area contributed by atoms with Gasteiger partial charge in [0.25, 0.3) is 11.1 Å². The minimum Gasteiger partial charge on any atom is -0.382 e. The topological polar surface area (TPSA) is 77.8 Å². The summed E-state index contributed by atoms with van der Waals surface area (Å²) in [6, 6.07) is 5.50. The Bertz CT molecular complexity index is 685. The lowest BCUT2D eigenvalue weighted by molar-refractivity contribution is 0.540. The van der Waals surface area contributed by atoms with E-state index >= 15 is 0 Å². The maximum Gasteiger partial charge on any atom is 0.272 e. The minimum atomic E-state index is -0.283. The summed E-state index contributed by atoms with van der Waals surface area (Å²) < 4.78 is 0. The summed E-state index contributed by atoms with van der Waals surface area (Å²) >= 11 is 0. The van der Waals surface area contributed by atoms with Crippen LogP contribution in [0.25, 0.3) is 10.8 Å². The van der Waals surface area contributed by atoms with E-state index in [1.54, 1.807) is 12.1 Å². The zero-order chi connectivity index (χ0) is 14.0. The average molecular weight is 261 g/mol. The van der Waals surface area contributed by atoms with Gasteiger partial charge in [0.2, 0.25) is 0 Å². The maximum absolute atomic E-state index is 11.9. The number of hydrogen-bond acceptors (Lipinski definition) is 3. The molecule has 0 saturated heterocycles. The molecule has 1 aromatic carbocycles. The predicted molar refractivity (Wildman–Crippen MR) is 77.7 cm³/mol. The fourth-order valence-corrected chi connectivity index (χ4v) is 2.38. The van der Waals surface area contributed by atoms with Gasteiger partial charge in [0.05, 0.1) is 10.8 Å². The molecular weight excluding hydrogens is 242 g/mol. The van der Waals surface area contributed by atoms with Crippen LogP contribution in [0.3, 0.4) is 0 Å². The second-order valence-electron chi connectivity index (χ2n) is 5.31. The van der Waals surface area contributed by atoms with Crippen LogP contribution in [0.15, 0.2) is 27.8 Å². The molecule has 0 aliphatic carbocycles. The van der Waals surface area contributed by atoms with Crippen molar-refractivity contribution < 1.29 is 0 Å². The number of nitrogens with one attached hydrogen (secondary N) is 3. The number of aromatic amines is 2. The summed E-state index contributed by atoms with van der Waals surface area (Å²) in [7, 11) is 0. The molecule has 0 spiro atoms. The first kappa shape index (κ1) is 13.4. The third-order valence-electron chi connectivity index (χ3n) is 3.05. The fourth-order valence-electron chi connectivity index (χ4n) is 2.38. The van der Waals surface area contributed by atoms with Gasteiger partial charge in [-0.2, -0.15) is 0 Å². The molecule has 0 aliphatic heterocycles. The lowest BCUT2D eigenvalue weighted by atomic mass is 10.0. The van der Waals surface area contributed by atoms with Gasteiger partial charge < -0.3 is 5.32 Å². The summed E-state index contributed by atoms with van der Waals surface area (Å²) in [6.45, 7) is 6.37. The third kappa shape index (κ3) is 2.86. The Morgan fingerprint density at radius 3 is 2.47 bits per heavy atom. The van der Waals surface area contributed by atoms with Gasteiger partial charge in [0.15, 0.2) is 0 Å². The molecule has 2 aromatic rings. The first-order valence-corrected chi connectivity index (χ1v) is 6.49. The molecule has 5 nitrogen and oxygen atoms in total. The van der Waals surface area contributed by atoms with Gasteiger partial charge >= 0.3 is 0 Å². The number of benzene rings is 1. The Hall–Kier alpha value is -2.04. The van der Waals surface area contributed by atoms with Crippen molar-refractivity contribution in [3.63, 3.8) is 0 Å². The molecule has 1 atom stereocenters. The maximum atomic E-state index is 11.9. The molecule has 3 N–H and O–H groups in total. The first-order valence-electron chi connectivity index (χ1n) is 6.49. The Labute approximate surface area is 111 Å². The molecule has 0 amide bonds. The van der Waals surface area contributed by atoms with Gasteiger partial charge in [-0.05, 0) is 31.4 Å². The van der Waals surface area contributed by atoms with Crippen molar-refractivity contribution in [1.29, 1.82) is 0 Å². The van der Waals surface area contributed by atoms with Crippen molar-refractivity contribution >= 4 is 16.5 Å². The molecule has 1 aromatic heterocycles.